The van der Waals surface area contributed by atoms with Gasteiger partial charge in [-0.2, -0.15) is 18.2 Å². The molecule has 1 aromatic carbocycles. The lowest BCUT2D eigenvalue weighted by atomic mass is 10.1. The Labute approximate surface area is 144 Å². The molecule has 2 heterocycles. The van der Waals surface area contributed by atoms with Crippen LogP contribution in [0.2, 0.25) is 0 Å². The van der Waals surface area contributed by atoms with Crippen molar-refractivity contribution in [3.05, 3.63) is 47.6 Å². The topological polar surface area (TPSA) is 95.9 Å². The molecule has 2 aromatic heterocycles. The maximum atomic E-state index is 12.5. The first kappa shape index (κ1) is 17.6. The summed E-state index contributed by atoms with van der Waals surface area (Å²) in [5.41, 5.74) is 1.72. The highest BCUT2D eigenvalue weighted by Gasteiger charge is 2.38. The number of aromatic nitrogens is 5. The number of esters is 1. The highest BCUT2D eigenvalue weighted by Crippen LogP contribution is 2.29. The van der Waals surface area contributed by atoms with E-state index in [-0.39, 0.29) is 12.4 Å². The molecule has 0 aliphatic carbocycles. The Morgan fingerprint density at radius 1 is 1.27 bits per heavy atom. The summed E-state index contributed by atoms with van der Waals surface area (Å²) in [5.74, 6) is -1.95. The minimum absolute atomic E-state index is 0.0354. The van der Waals surface area contributed by atoms with Crippen LogP contribution < -0.4 is 0 Å². The third-order valence-electron chi connectivity index (χ3n) is 3.23. The number of rotatable bonds is 5. The Balaban J connectivity index is 1.66. The van der Waals surface area contributed by atoms with Crippen LogP contribution in [0.4, 0.5) is 13.2 Å². The fraction of sp³-hybridized carbons (Fsp3) is 0.267. The molecule has 26 heavy (non-hydrogen) atoms. The quantitative estimate of drug-likeness (QED) is 0.639. The van der Waals surface area contributed by atoms with Gasteiger partial charge in [-0.05, 0) is 5.56 Å². The third-order valence-corrected chi connectivity index (χ3v) is 3.23. The molecule has 0 bridgehead atoms. The zero-order chi connectivity index (χ0) is 18.7. The second-order valence-corrected chi connectivity index (χ2v) is 5.31. The van der Waals surface area contributed by atoms with Crippen molar-refractivity contribution in [3.8, 4) is 11.4 Å². The molecule has 0 N–H and O–H groups in total. The van der Waals surface area contributed by atoms with Gasteiger partial charge < -0.3 is 9.26 Å². The summed E-state index contributed by atoms with van der Waals surface area (Å²) in [4.78, 5) is 14.1. The Hall–Kier alpha value is -3.24. The van der Waals surface area contributed by atoms with Crippen molar-refractivity contribution in [2.24, 2.45) is 0 Å². The van der Waals surface area contributed by atoms with Crippen molar-refractivity contribution >= 4 is 5.97 Å². The van der Waals surface area contributed by atoms with E-state index in [1.54, 1.807) is 35.1 Å². The van der Waals surface area contributed by atoms with Crippen LogP contribution in [0.25, 0.3) is 11.4 Å². The Kier molecular flexibility index (Phi) is 4.69. The molecule has 0 saturated heterocycles. The lowest BCUT2D eigenvalue weighted by Gasteiger charge is -2.02. The van der Waals surface area contributed by atoms with Crippen molar-refractivity contribution in [2.45, 2.75) is 26.3 Å². The molecule has 136 valence electrons. The predicted molar refractivity (Wildman–Crippen MR) is 79.3 cm³/mol. The van der Waals surface area contributed by atoms with Crippen LogP contribution in [0.1, 0.15) is 24.1 Å². The summed E-state index contributed by atoms with van der Waals surface area (Å²) >= 11 is 0. The average molecular weight is 367 g/mol. The minimum Gasteiger partial charge on any atom is -0.459 e. The summed E-state index contributed by atoms with van der Waals surface area (Å²) in [6.45, 7) is 1.72. The van der Waals surface area contributed by atoms with E-state index in [0.29, 0.717) is 17.8 Å². The number of carbonyl (C=O) groups excluding carboxylic acids is 1. The van der Waals surface area contributed by atoms with Crippen LogP contribution in [0.15, 0.2) is 35.0 Å². The van der Waals surface area contributed by atoms with Crippen molar-refractivity contribution in [3.63, 3.8) is 0 Å². The first-order valence-electron chi connectivity index (χ1n) is 7.34. The van der Waals surface area contributed by atoms with Crippen LogP contribution in [0, 0.1) is 0 Å². The molecule has 0 fully saturated rings. The maximum Gasteiger partial charge on any atom is 0.471 e. The summed E-state index contributed by atoms with van der Waals surface area (Å²) < 4.78 is 48.0. The normalized spacial score (nSPS) is 11.5. The van der Waals surface area contributed by atoms with E-state index >= 15 is 0 Å². The SMILES string of the molecule is CC(=O)OCc1cn(Cc2ccc(-c3noc(C(F)(F)F)n3)cc2)nn1. The van der Waals surface area contributed by atoms with Gasteiger partial charge in [0, 0.05) is 12.5 Å². The molecular formula is C15H12F3N5O3. The van der Waals surface area contributed by atoms with E-state index in [2.05, 4.69) is 25.0 Å². The third kappa shape index (κ3) is 4.23. The van der Waals surface area contributed by atoms with Gasteiger partial charge in [0.15, 0.2) is 0 Å². The highest BCUT2D eigenvalue weighted by atomic mass is 19.4. The summed E-state index contributed by atoms with van der Waals surface area (Å²) in [7, 11) is 0. The number of carbonyl (C=O) groups is 1. The summed E-state index contributed by atoms with van der Waals surface area (Å²) in [6.07, 6.45) is -3.05. The minimum atomic E-state index is -4.68. The molecule has 3 aromatic rings. The van der Waals surface area contributed by atoms with E-state index in [1.807, 2.05) is 0 Å². The van der Waals surface area contributed by atoms with Gasteiger partial charge in [0.1, 0.15) is 12.3 Å². The number of hydrogen-bond donors (Lipinski definition) is 0. The molecule has 0 radical (unpaired) electrons. The second-order valence-electron chi connectivity index (χ2n) is 5.31. The van der Waals surface area contributed by atoms with Gasteiger partial charge in [0.25, 0.3) is 0 Å². The molecule has 0 atom stereocenters. The van der Waals surface area contributed by atoms with Crippen LogP contribution in [-0.2, 0) is 28.9 Å². The van der Waals surface area contributed by atoms with Gasteiger partial charge in [-0.15, -0.1) is 5.10 Å². The molecule has 0 aliphatic heterocycles. The standard InChI is InChI=1S/C15H12F3N5O3/c1-9(24)25-8-12-7-23(22-20-12)6-10-2-4-11(5-3-10)13-19-14(26-21-13)15(16,17)18/h2-5,7H,6,8H2,1H3. The first-order valence-corrected chi connectivity index (χ1v) is 7.34. The molecule has 8 nitrogen and oxygen atoms in total. The van der Waals surface area contributed by atoms with Crippen LogP contribution >= 0.6 is 0 Å². The van der Waals surface area contributed by atoms with Gasteiger partial charge >= 0.3 is 18.0 Å². The largest absolute Gasteiger partial charge is 0.471 e. The molecule has 0 spiro atoms. The fourth-order valence-electron chi connectivity index (χ4n) is 2.06. The molecule has 11 heteroatoms. The smallest absolute Gasteiger partial charge is 0.459 e. The molecule has 0 aliphatic rings. The van der Waals surface area contributed by atoms with Gasteiger partial charge in [-0.3, -0.25) is 4.79 Å². The van der Waals surface area contributed by atoms with Gasteiger partial charge in [0.2, 0.25) is 5.82 Å². The average Bonchev–Trinajstić information content (AvgIpc) is 3.22. The molecular weight excluding hydrogens is 355 g/mol. The molecule has 0 amide bonds. The van der Waals surface area contributed by atoms with Crippen molar-refractivity contribution in [1.82, 2.24) is 25.1 Å². The molecule has 0 saturated carbocycles. The Bertz CT molecular complexity index is 902. The highest BCUT2D eigenvalue weighted by molar-refractivity contribution is 5.65. The van der Waals surface area contributed by atoms with Gasteiger partial charge in [0.05, 0.1) is 12.7 Å². The van der Waals surface area contributed by atoms with E-state index in [4.69, 9.17) is 4.74 Å². The lowest BCUT2D eigenvalue weighted by molar-refractivity contribution is -0.159. The van der Waals surface area contributed by atoms with Crippen molar-refractivity contribution < 1.29 is 27.2 Å². The number of halogens is 3. The van der Waals surface area contributed by atoms with E-state index in [1.165, 1.54) is 6.92 Å². The number of benzene rings is 1. The molecule has 0 unspecified atom stereocenters. The summed E-state index contributed by atoms with van der Waals surface area (Å²) in [5, 5.41) is 11.1. The predicted octanol–water partition coefficient (Wildman–Crippen LogP) is 2.46. The van der Waals surface area contributed by atoms with Crippen LogP contribution in [0.5, 0.6) is 0 Å². The monoisotopic (exact) mass is 367 g/mol. The van der Waals surface area contributed by atoms with E-state index < -0.39 is 18.0 Å². The molecule has 3 rings (SSSR count). The van der Waals surface area contributed by atoms with Gasteiger partial charge in [-0.25, -0.2) is 4.68 Å². The number of nitrogens with zero attached hydrogens (tertiary/aromatic N) is 5. The van der Waals surface area contributed by atoms with E-state index in [0.717, 1.165) is 5.56 Å². The van der Waals surface area contributed by atoms with Crippen LogP contribution in [-0.4, -0.2) is 31.1 Å². The fourth-order valence-corrected chi connectivity index (χ4v) is 2.06. The Morgan fingerprint density at radius 3 is 2.62 bits per heavy atom. The Morgan fingerprint density at radius 2 is 2.00 bits per heavy atom. The van der Waals surface area contributed by atoms with Crippen LogP contribution in [0.3, 0.4) is 0 Å². The number of ether oxygens (including phenoxy) is 1. The van der Waals surface area contributed by atoms with Gasteiger partial charge in [-0.1, -0.05) is 34.6 Å². The van der Waals surface area contributed by atoms with E-state index in [9.17, 15) is 18.0 Å². The second kappa shape index (κ2) is 6.94. The first-order chi connectivity index (χ1) is 12.3. The zero-order valence-electron chi connectivity index (χ0n) is 13.4. The summed E-state index contributed by atoms with van der Waals surface area (Å²) in [6, 6.07) is 6.56. The van der Waals surface area contributed by atoms with Crippen molar-refractivity contribution in [2.75, 3.05) is 0 Å². The number of alkyl halides is 3. The lowest BCUT2D eigenvalue weighted by Crippen LogP contribution is -2.04. The zero-order valence-corrected chi connectivity index (χ0v) is 13.4. The number of hydrogen-bond acceptors (Lipinski definition) is 7. The maximum absolute atomic E-state index is 12.5. The van der Waals surface area contributed by atoms with Crippen molar-refractivity contribution in [1.29, 1.82) is 0 Å².